The highest BCUT2D eigenvalue weighted by Gasteiger charge is 2.19. The van der Waals surface area contributed by atoms with Crippen molar-refractivity contribution in [1.82, 2.24) is 25.2 Å². The van der Waals surface area contributed by atoms with Crippen LogP contribution in [0, 0.1) is 13.8 Å². The summed E-state index contributed by atoms with van der Waals surface area (Å²) in [6.45, 7) is 4.61. The van der Waals surface area contributed by atoms with Crippen LogP contribution >= 0.6 is 0 Å². The smallest absolute Gasteiger partial charge is 0.279 e. The zero-order chi connectivity index (χ0) is 22.8. The van der Waals surface area contributed by atoms with Crippen molar-refractivity contribution < 1.29 is 9.32 Å². The van der Waals surface area contributed by atoms with E-state index in [1.807, 2.05) is 86.6 Å². The molecule has 3 aromatic carbocycles. The van der Waals surface area contributed by atoms with Crippen molar-refractivity contribution in [3.8, 4) is 23.0 Å². The van der Waals surface area contributed by atoms with Gasteiger partial charge in [0.15, 0.2) is 5.69 Å². The normalized spacial score (nSPS) is 11.1. The lowest BCUT2D eigenvalue weighted by Crippen LogP contribution is -2.27. The highest BCUT2D eigenvalue weighted by Crippen LogP contribution is 2.28. The molecule has 7 nitrogen and oxygen atoms in total. The molecule has 1 N–H and O–H groups in total. The Kier molecular flexibility index (Phi) is 5.44. The number of nitrogens with one attached hydrogen (secondary N) is 1. The van der Waals surface area contributed by atoms with Crippen molar-refractivity contribution in [1.29, 1.82) is 0 Å². The molecule has 7 heteroatoms. The van der Waals surface area contributed by atoms with E-state index in [1.54, 1.807) is 4.68 Å². The second-order valence-corrected chi connectivity index (χ2v) is 8.08. The summed E-state index contributed by atoms with van der Waals surface area (Å²) in [6, 6.07) is 23.7. The molecule has 33 heavy (non-hydrogen) atoms. The van der Waals surface area contributed by atoms with E-state index in [0.29, 0.717) is 24.0 Å². The van der Waals surface area contributed by atoms with Gasteiger partial charge in [0.05, 0.1) is 5.52 Å². The Labute approximate surface area is 191 Å². The molecule has 0 aliphatic heterocycles. The Bertz CT molecular complexity index is 1430. The summed E-state index contributed by atoms with van der Waals surface area (Å²) in [7, 11) is 0. The fourth-order valence-electron chi connectivity index (χ4n) is 3.73. The predicted octanol–water partition coefficient (Wildman–Crippen LogP) is 4.69. The Morgan fingerprint density at radius 2 is 1.79 bits per heavy atom. The number of carbonyl (C=O) groups excluding carboxylic acids is 1. The standard InChI is InChI=1S/C26H23N5O2/c1-17-10-12-19(13-11-17)15-27-23(32)16-31-22-9-4-3-8-21(22)24(29-31)26-28-25(30-33-26)20-7-5-6-18(2)14-20/h3-14H,15-16H2,1-2H3,(H,27,32). The summed E-state index contributed by atoms with van der Waals surface area (Å²) in [5.41, 5.74) is 5.62. The second-order valence-electron chi connectivity index (χ2n) is 8.08. The average molecular weight is 438 g/mol. The highest BCUT2D eigenvalue weighted by molar-refractivity contribution is 5.92. The van der Waals surface area contributed by atoms with Gasteiger partial charge >= 0.3 is 0 Å². The van der Waals surface area contributed by atoms with Gasteiger partial charge in [-0.05, 0) is 31.5 Å². The van der Waals surface area contributed by atoms with E-state index in [-0.39, 0.29) is 12.5 Å². The number of para-hydroxylation sites is 1. The maximum absolute atomic E-state index is 12.6. The van der Waals surface area contributed by atoms with Crippen LogP contribution in [0.15, 0.2) is 77.3 Å². The first kappa shape index (κ1) is 20.6. The van der Waals surface area contributed by atoms with Crippen LogP contribution in [0.25, 0.3) is 33.9 Å². The molecule has 1 amide bonds. The van der Waals surface area contributed by atoms with Gasteiger partial charge in [-0.2, -0.15) is 10.1 Å². The van der Waals surface area contributed by atoms with Crippen molar-refractivity contribution in [2.75, 3.05) is 0 Å². The number of nitrogens with zero attached hydrogens (tertiary/aromatic N) is 4. The third kappa shape index (κ3) is 4.39. The Hall–Kier alpha value is -4.26. The first-order valence-corrected chi connectivity index (χ1v) is 10.8. The summed E-state index contributed by atoms with van der Waals surface area (Å²) in [6.07, 6.45) is 0. The topological polar surface area (TPSA) is 85.8 Å². The van der Waals surface area contributed by atoms with E-state index in [2.05, 4.69) is 20.6 Å². The molecule has 0 spiro atoms. The number of benzene rings is 3. The lowest BCUT2D eigenvalue weighted by atomic mass is 10.1. The lowest BCUT2D eigenvalue weighted by molar-refractivity contribution is -0.121. The Balaban J connectivity index is 1.39. The first-order valence-electron chi connectivity index (χ1n) is 10.8. The van der Waals surface area contributed by atoms with Gasteiger partial charge in [0.25, 0.3) is 5.89 Å². The number of amides is 1. The van der Waals surface area contributed by atoms with E-state index >= 15 is 0 Å². The van der Waals surface area contributed by atoms with Gasteiger partial charge in [0.1, 0.15) is 6.54 Å². The summed E-state index contributed by atoms with van der Waals surface area (Å²) in [5, 5.41) is 12.6. The molecule has 0 fully saturated rings. The zero-order valence-electron chi connectivity index (χ0n) is 18.4. The maximum Gasteiger partial charge on any atom is 0.279 e. The minimum Gasteiger partial charge on any atom is -0.350 e. The number of aromatic nitrogens is 4. The maximum atomic E-state index is 12.6. The van der Waals surface area contributed by atoms with Gasteiger partial charge in [-0.1, -0.05) is 76.9 Å². The first-order chi connectivity index (χ1) is 16.1. The molecule has 0 saturated carbocycles. The van der Waals surface area contributed by atoms with Crippen LogP contribution in [-0.4, -0.2) is 25.8 Å². The molecule has 5 rings (SSSR count). The van der Waals surface area contributed by atoms with Crippen molar-refractivity contribution in [3.05, 3.63) is 89.5 Å². The van der Waals surface area contributed by atoms with Crippen molar-refractivity contribution in [3.63, 3.8) is 0 Å². The molecular weight excluding hydrogens is 414 g/mol. The van der Waals surface area contributed by atoms with E-state index in [1.165, 1.54) is 5.56 Å². The molecule has 0 atom stereocenters. The number of carbonyl (C=O) groups is 1. The van der Waals surface area contributed by atoms with Crippen molar-refractivity contribution >= 4 is 16.8 Å². The number of hydrogen-bond donors (Lipinski definition) is 1. The van der Waals surface area contributed by atoms with Gasteiger partial charge in [-0.25, -0.2) is 0 Å². The van der Waals surface area contributed by atoms with E-state index in [4.69, 9.17) is 4.52 Å². The highest BCUT2D eigenvalue weighted by atomic mass is 16.5. The second kappa shape index (κ2) is 8.70. The third-order valence-corrected chi connectivity index (χ3v) is 5.47. The van der Waals surface area contributed by atoms with Gasteiger partial charge in [-0.15, -0.1) is 0 Å². The van der Waals surface area contributed by atoms with Crippen LogP contribution in [-0.2, 0) is 17.9 Å². The van der Waals surface area contributed by atoms with Crippen molar-refractivity contribution in [2.24, 2.45) is 0 Å². The van der Waals surface area contributed by atoms with Crippen LogP contribution in [0.4, 0.5) is 0 Å². The van der Waals surface area contributed by atoms with Crippen LogP contribution in [0.3, 0.4) is 0 Å². The summed E-state index contributed by atoms with van der Waals surface area (Å²) in [5.74, 6) is 0.700. The van der Waals surface area contributed by atoms with Crippen LogP contribution in [0.1, 0.15) is 16.7 Å². The minimum absolute atomic E-state index is 0.0885. The molecule has 0 saturated heterocycles. The molecule has 2 aromatic heterocycles. The van der Waals surface area contributed by atoms with Crippen LogP contribution < -0.4 is 5.32 Å². The largest absolute Gasteiger partial charge is 0.350 e. The SMILES string of the molecule is Cc1ccc(CNC(=O)Cn2nc(-c3nc(-c4cccc(C)c4)no3)c3ccccc32)cc1. The molecule has 0 aliphatic rings. The average Bonchev–Trinajstić information content (AvgIpc) is 3.44. The number of aryl methyl sites for hydroxylation is 2. The minimum atomic E-state index is -0.124. The molecule has 0 bridgehead atoms. The fraction of sp³-hybridized carbons (Fsp3) is 0.154. The van der Waals surface area contributed by atoms with Gasteiger partial charge in [-0.3, -0.25) is 9.48 Å². The van der Waals surface area contributed by atoms with Crippen LogP contribution in [0.2, 0.25) is 0 Å². The summed E-state index contributed by atoms with van der Waals surface area (Å²) >= 11 is 0. The number of fused-ring (bicyclic) bond motifs is 1. The number of hydrogen-bond acceptors (Lipinski definition) is 5. The van der Waals surface area contributed by atoms with E-state index in [9.17, 15) is 4.79 Å². The molecule has 0 unspecified atom stereocenters. The monoisotopic (exact) mass is 437 g/mol. The molecule has 5 aromatic rings. The summed E-state index contributed by atoms with van der Waals surface area (Å²) < 4.78 is 7.22. The molecule has 164 valence electrons. The Morgan fingerprint density at radius 1 is 0.970 bits per heavy atom. The molecule has 0 aliphatic carbocycles. The summed E-state index contributed by atoms with van der Waals surface area (Å²) in [4.78, 5) is 17.2. The van der Waals surface area contributed by atoms with Gasteiger partial charge < -0.3 is 9.84 Å². The molecule has 0 radical (unpaired) electrons. The molecular formula is C26H23N5O2. The van der Waals surface area contributed by atoms with E-state index < -0.39 is 0 Å². The lowest BCUT2D eigenvalue weighted by Gasteiger charge is -2.07. The quantitative estimate of drug-likeness (QED) is 0.417. The third-order valence-electron chi connectivity index (χ3n) is 5.47. The molecule has 2 heterocycles. The Morgan fingerprint density at radius 3 is 2.61 bits per heavy atom. The van der Waals surface area contributed by atoms with Crippen LogP contribution in [0.5, 0.6) is 0 Å². The van der Waals surface area contributed by atoms with Crippen molar-refractivity contribution in [2.45, 2.75) is 26.9 Å². The van der Waals surface area contributed by atoms with Gasteiger partial charge in [0.2, 0.25) is 11.7 Å². The van der Waals surface area contributed by atoms with E-state index in [0.717, 1.165) is 27.6 Å². The number of rotatable bonds is 6. The van der Waals surface area contributed by atoms with Gasteiger partial charge in [0, 0.05) is 17.5 Å². The zero-order valence-corrected chi connectivity index (χ0v) is 18.4. The fourth-order valence-corrected chi connectivity index (χ4v) is 3.73. The predicted molar refractivity (Wildman–Crippen MR) is 126 cm³/mol.